The van der Waals surface area contributed by atoms with Gasteiger partial charge in [-0.25, -0.2) is 0 Å². The number of nitrogens with zero attached hydrogens (tertiary/aromatic N) is 4. The number of nitrogens with two attached hydrogens (primary N) is 1. The molecule has 0 radical (unpaired) electrons. The van der Waals surface area contributed by atoms with E-state index in [1.165, 1.54) is 0 Å². The van der Waals surface area contributed by atoms with Crippen molar-refractivity contribution in [1.82, 2.24) is 15.1 Å². The first-order valence-corrected chi connectivity index (χ1v) is 11.3. The van der Waals surface area contributed by atoms with Gasteiger partial charge in [0.2, 0.25) is 5.91 Å². The molecule has 1 fully saturated rings. The molecule has 2 heterocycles. The molecule has 4 rings (SSSR count). The van der Waals surface area contributed by atoms with Crippen molar-refractivity contribution < 1.29 is 14.7 Å². The van der Waals surface area contributed by atoms with Gasteiger partial charge in [0.1, 0.15) is 21.5 Å². The Morgan fingerprint density at radius 3 is 2.66 bits per heavy atom. The van der Waals surface area contributed by atoms with Crippen LogP contribution in [0.1, 0.15) is 48.7 Å². The minimum absolute atomic E-state index is 0.00813. The molecular weight excluding hydrogens is 426 g/mol. The van der Waals surface area contributed by atoms with E-state index >= 15 is 0 Å². The Morgan fingerprint density at radius 2 is 2.03 bits per heavy atom. The Morgan fingerprint density at radius 1 is 1.25 bits per heavy atom. The monoisotopic (exact) mass is 451 g/mol. The maximum Gasteiger partial charge on any atom is 0.222 e. The lowest BCUT2D eigenvalue weighted by Crippen LogP contribution is -2.24. The van der Waals surface area contributed by atoms with E-state index in [1.54, 1.807) is 23.5 Å². The van der Waals surface area contributed by atoms with Crippen molar-refractivity contribution in [3.8, 4) is 22.1 Å². The first kappa shape index (κ1) is 21.8. The van der Waals surface area contributed by atoms with Crippen LogP contribution in [0.2, 0.25) is 0 Å². The summed E-state index contributed by atoms with van der Waals surface area (Å²) in [5, 5.41) is 22.5. The van der Waals surface area contributed by atoms with Crippen molar-refractivity contribution in [3.05, 3.63) is 58.6 Å². The summed E-state index contributed by atoms with van der Waals surface area (Å²) < 4.78 is 6.16. The minimum Gasteiger partial charge on any atom is -0.457 e. The Labute approximate surface area is 190 Å². The lowest BCUT2D eigenvalue weighted by Gasteiger charge is -2.19. The van der Waals surface area contributed by atoms with E-state index in [9.17, 15) is 4.79 Å². The van der Waals surface area contributed by atoms with Gasteiger partial charge in [-0.1, -0.05) is 42.5 Å². The van der Waals surface area contributed by atoms with E-state index in [0.29, 0.717) is 35.9 Å². The molecule has 0 unspecified atom stereocenters. The fourth-order valence-corrected chi connectivity index (χ4v) is 4.30. The Kier molecular flexibility index (Phi) is 6.36. The quantitative estimate of drug-likeness (QED) is 0.239. The van der Waals surface area contributed by atoms with Crippen LogP contribution in [0.5, 0.6) is 11.5 Å². The molecule has 1 aliphatic rings. The molecule has 1 aromatic heterocycles. The van der Waals surface area contributed by atoms with Crippen LogP contribution >= 0.6 is 11.3 Å². The number of ether oxygens (including phenoxy) is 1. The highest BCUT2D eigenvalue weighted by Crippen LogP contribution is 2.32. The summed E-state index contributed by atoms with van der Waals surface area (Å²) in [6, 6.07) is 12.9. The maximum absolute atomic E-state index is 12.1. The van der Waals surface area contributed by atoms with E-state index in [-0.39, 0.29) is 11.7 Å². The highest BCUT2D eigenvalue weighted by Gasteiger charge is 2.22. The SMILES string of the molecule is CC(C)c1nnc(-c2ccc(Oc3cc(C(N)=NO)ccc3CN3CCCC3=O)cc2)s1. The minimum atomic E-state index is -0.00813. The Hall–Kier alpha value is -3.46. The molecular formula is C23H25N5O3S. The van der Waals surface area contributed by atoms with Gasteiger partial charge >= 0.3 is 0 Å². The van der Waals surface area contributed by atoms with E-state index in [4.69, 9.17) is 15.7 Å². The van der Waals surface area contributed by atoms with Crippen LogP contribution in [0, 0.1) is 0 Å². The molecule has 1 aliphatic heterocycles. The van der Waals surface area contributed by atoms with Gasteiger partial charge in [0, 0.05) is 42.1 Å². The number of carbonyl (C=O) groups is 1. The average Bonchev–Trinajstić information content (AvgIpc) is 3.44. The number of benzene rings is 2. The second kappa shape index (κ2) is 9.35. The Bertz CT molecular complexity index is 1140. The normalized spacial score (nSPS) is 14.4. The van der Waals surface area contributed by atoms with Gasteiger partial charge in [-0.05, 0) is 36.8 Å². The van der Waals surface area contributed by atoms with Crippen molar-refractivity contribution in [3.63, 3.8) is 0 Å². The molecule has 9 heteroatoms. The highest BCUT2D eigenvalue weighted by molar-refractivity contribution is 7.14. The molecule has 3 N–H and O–H groups in total. The number of hydrogen-bond donors (Lipinski definition) is 2. The molecule has 0 spiro atoms. The standard InChI is InChI=1S/C23H25N5O3S/c1-14(2)22-25-26-23(32-22)15-7-9-18(10-8-15)31-19-12-16(21(24)27-30)5-6-17(19)13-28-11-3-4-20(28)29/h5-10,12,14,30H,3-4,11,13H2,1-2H3,(H2,24,27). The van der Waals surface area contributed by atoms with Crippen LogP contribution in [0.15, 0.2) is 47.6 Å². The third kappa shape index (κ3) is 4.72. The summed E-state index contributed by atoms with van der Waals surface area (Å²) in [7, 11) is 0. The number of hydrogen-bond acceptors (Lipinski definition) is 7. The summed E-state index contributed by atoms with van der Waals surface area (Å²) in [5.41, 5.74) is 8.12. The molecule has 1 saturated heterocycles. The molecule has 3 aromatic rings. The number of oxime groups is 1. The molecule has 0 bridgehead atoms. The first-order valence-electron chi connectivity index (χ1n) is 10.4. The summed E-state index contributed by atoms with van der Waals surface area (Å²) in [6.45, 7) is 5.37. The average molecular weight is 452 g/mol. The van der Waals surface area contributed by atoms with Crippen molar-refractivity contribution in [2.45, 2.75) is 39.2 Å². The van der Waals surface area contributed by atoms with Crippen LogP contribution in [0.4, 0.5) is 0 Å². The number of amidine groups is 1. The topological polar surface area (TPSA) is 114 Å². The second-order valence-electron chi connectivity index (χ2n) is 7.95. The molecule has 0 saturated carbocycles. The van der Waals surface area contributed by atoms with Gasteiger partial charge in [0.05, 0.1) is 0 Å². The second-order valence-corrected chi connectivity index (χ2v) is 8.96. The fourth-order valence-electron chi connectivity index (χ4n) is 3.45. The van der Waals surface area contributed by atoms with Gasteiger partial charge < -0.3 is 20.6 Å². The van der Waals surface area contributed by atoms with Crippen LogP contribution in [-0.2, 0) is 11.3 Å². The maximum atomic E-state index is 12.1. The van der Waals surface area contributed by atoms with E-state index in [0.717, 1.165) is 34.1 Å². The molecule has 0 aliphatic carbocycles. The summed E-state index contributed by atoms with van der Waals surface area (Å²) in [6.07, 6.45) is 1.44. The summed E-state index contributed by atoms with van der Waals surface area (Å²) >= 11 is 1.58. The zero-order valence-corrected chi connectivity index (χ0v) is 18.8. The fraction of sp³-hybridized carbons (Fsp3) is 0.304. The van der Waals surface area contributed by atoms with Crippen LogP contribution in [0.3, 0.4) is 0 Å². The first-order chi connectivity index (χ1) is 15.4. The van der Waals surface area contributed by atoms with E-state index in [2.05, 4.69) is 29.2 Å². The van der Waals surface area contributed by atoms with Gasteiger partial charge in [-0.15, -0.1) is 10.2 Å². The van der Waals surface area contributed by atoms with E-state index in [1.807, 2.05) is 35.2 Å². The lowest BCUT2D eigenvalue weighted by atomic mass is 10.1. The highest BCUT2D eigenvalue weighted by atomic mass is 32.1. The zero-order chi connectivity index (χ0) is 22.7. The third-order valence-corrected chi connectivity index (χ3v) is 6.54. The van der Waals surface area contributed by atoms with E-state index < -0.39 is 0 Å². The number of aromatic nitrogens is 2. The Balaban J connectivity index is 1.59. The predicted octanol–water partition coefficient (Wildman–Crippen LogP) is 4.34. The van der Waals surface area contributed by atoms with Crippen molar-refractivity contribution in [2.24, 2.45) is 10.9 Å². The predicted molar refractivity (Wildman–Crippen MR) is 123 cm³/mol. The molecule has 1 amide bonds. The van der Waals surface area contributed by atoms with Crippen LogP contribution in [0.25, 0.3) is 10.6 Å². The number of rotatable bonds is 7. The van der Waals surface area contributed by atoms with Gasteiger partial charge in [-0.3, -0.25) is 4.79 Å². The van der Waals surface area contributed by atoms with Gasteiger partial charge in [-0.2, -0.15) is 0 Å². The largest absolute Gasteiger partial charge is 0.457 e. The van der Waals surface area contributed by atoms with Gasteiger partial charge in [0.25, 0.3) is 0 Å². The van der Waals surface area contributed by atoms with Crippen LogP contribution in [-0.4, -0.2) is 38.6 Å². The third-order valence-electron chi connectivity index (χ3n) is 5.27. The van der Waals surface area contributed by atoms with Crippen molar-refractivity contribution >= 4 is 23.1 Å². The van der Waals surface area contributed by atoms with Gasteiger partial charge in [0.15, 0.2) is 5.84 Å². The zero-order valence-electron chi connectivity index (χ0n) is 18.0. The molecule has 32 heavy (non-hydrogen) atoms. The molecule has 2 aromatic carbocycles. The lowest BCUT2D eigenvalue weighted by molar-refractivity contribution is -0.128. The van der Waals surface area contributed by atoms with Crippen molar-refractivity contribution in [2.75, 3.05) is 6.54 Å². The summed E-state index contributed by atoms with van der Waals surface area (Å²) in [4.78, 5) is 13.9. The number of carbonyl (C=O) groups excluding carboxylic acids is 1. The molecule has 0 atom stereocenters. The number of likely N-dealkylation sites (tertiary alicyclic amines) is 1. The molecule has 8 nitrogen and oxygen atoms in total. The van der Waals surface area contributed by atoms with Crippen molar-refractivity contribution in [1.29, 1.82) is 0 Å². The summed E-state index contributed by atoms with van der Waals surface area (Å²) in [5.74, 6) is 1.66. The number of amides is 1. The molecule has 166 valence electrons. The smallest absolute Gasteiger partial charge is 0.222 e. The van der Waals surface area contributed by atoms with Crippen LogP contribution < -0.4 is 10.5 Å².